The van der Waals surface area contributed by atoms with Crippen molar-refractivity contribution in [3.05, 3.63) is 64.5 Å². The number of hydrogen-bond acceptors (Lipinski definition) is 2. The summed E-state index contributed by atoms with van der Waals surface area (Å²) >= 11 is 0. The molecule has 1 N–H and O–H groups in total. The van der Waals surface area contributed by atoms with Gasteiger partial charge in [0.25, 0.3) is 5.91 Å². The lowest BCUT2D eigenvalue weighted by atomic mass is 10.1. The van der Waals surface area contributed by atoms with Crippen molar-refractivity contribution in [1.29, 1.82) is 0 Å². The van der Waals surface area contributed by atoms with Crippen LogP contribution in [-0.2, 0) is 17.6 Å². The summed E-state index contributed by atoms with van der Waals surface area (Å²) in [6.07, 6.45) is 0.800. The molecule has 2 aromatic rings. The van der Waals surface area contributed by atoms with Crippen LogP contribution in [0.15, 0.2) is 30.3 Å². The van der Waals surface area contributed by atoms with E-state index in [1.54, 1.807) is 11.9 Å². The predicted molar refractivity (Wildman–Crippen MR) is 85.9 cm³/mol. The Balaban J connectivity index is 1.62. The van der Waals surface area contributed by atoms with Crippen LogP contribution in [0.1, 0.15) is 21.5 Å². The second kappa shape index (κ2) is 6.58. The minimum absolute atomic E-state index is 0.0225. The molecule has 0 aliphatic carbocycles. The summed E-state index contributed by atoms with van der Waals surface area (Å²) in [6.45, 7) is 0.194. The number of benzene rings is 2. The Hall–Kier alpha value is -2.83. The molecule has 0 fully saturated rings. The van der Waals surface area contributed by atoms with Crippen LogP contribution in [0.2, 0.25) is 0 Å². The molecule has 0 radical (unpaired) electrons. The first-order chi connectivity index (χ1) is 11.9. The van der Waals surface area contributed by atoms with E-state index in [1.165, 1.54) is 0 Å². The van der Waals surface area contributed by atoms with Gasteiger partial charge < -0.3 is 10.2 Å². The van der Waals surface area contributed by atoms with Crippen LogP contribution >= 0.6 is 0 Å². The van der Waals surface area contributed by atoms with Crippen LogP contribution in [-0.4, -0.2) is 25.4 Å². The fourth-order valence-corrected chi connectivity index (χ4v) is 2.80. The van der Waals surface area contributed by atoms with Gasteiger partial charge in [-0.3, -0.25) is 9.59 Å². The van der Waals surface area contributed by atoms with Crippen LogP contribution < -0.4 is 10.2 Å². The highest BCUT2D eigenvalue weighted by Crippen LogP contribution is 2.28. The van der Waals surface area contributed by atoms with Crippen LogP contribution in [0.4, 0.5) is 18.9 Å². The summed E-state index contributed by atoms with van der Waals surface area (Å²) in [6, 6.07) is 7.19. The number of carbonyl (C=O) groups excluding carboxylic acids is 2. The van der Waals surface area contributed by atoms with Crippen molar-refractivity contribution in [3.63, 3.8) is 0 Å². The van der Waals surface area contributed by atoms with Crippen molar-refractivity contribution in [2.24, 2.45) is 0 Å². The van der Waals surface area contributed by atoms with Gasteiger partial charge in [-0.25, -0.2) is 13.2 Å². The van der Waals surface area contributed by atoms with Crippen molar-refractivity contribution in [1.82, 2.24) is 5.32 Å². The van der Waals surface area contributed by atoms with Gasteiger partial charge in [0.15, 0.2) is 17.5 Å². The quantitative estimate of drug-likeness (QED) is 0.864. The predicted octanol–water partition coefficient (Wildman–Crippen LogP) is 2.60. The number of rotatable bonds is 4. The van der Waals surface area contributed by atoms with Gasteiger partial charge in [-0.05, 0) is 35.7 Å². The molecule has 0 atom stereocenters. The Morgan fingerprint density at radius 1 is 1.16 bits per heavy atom. The van der Waals surface area contributed by atoms with Crippen molar-refractivity contribution in [2.45, 2.75) is 12.8 Å². The van der Waals surface area contributed by atoms with Gasteiger partial charge in [0, 0.05) is 19.3 Å². The number of carbonyl (C=O) groups is 2. The molecule has 0 saturated carbocycles. The molecule has 2 amide bonds. The molecule has 0 unspecified atom stereocenters. The van der Waals surface area contributed by atoms with Gasteiger partial charge in [0.2, 0.25) is 5.91 Å². The smallest absolute Gasteiger partial charge is 0.254 e. The summed E-state index contributed by atoms with van der Waals surface area (Å²) in [4.78, 5) is 25.2. The fourth-order valence-electron chi connectivity index (χ4n) is 2.80. The molecule has 3 rings (SSSR count). The number of nitrogens with one attached hydrogen (secondary N) is 1. The average Bonchev–Trinajstić information content (AvgIpc) is 2.86. The van der Waals surface area contributed by atoms with Crippen molar-refractivity contribution in [2.75, 3.05) is 18.5 Å². The van der Waals surface area contributed by atoms with Gasteiger partial charge in [0.1, 0.15) is 0 Å². The summed E-state index contributed by atoms with van der Waals surface area (Å²) < 4.78 is 39.6. The Kier molecular flexibility index (Phi) is 4.48. The van der Waals surface area contributed by atoms with Gasteiger partial charge >= 0.3 is 0 Å². The normalized spacial score (nSPS) is 13.1. The zero-order valence-electron chi connectivity index (χ0n) is 13.4. The lowest BCUT2D eigenvalue weighted by Crippen LogP contribution is -2.27. The van der Waals surface area contributed by atoms with E-state index in [1.807, 2.05) is 18.2 Å². The highest BCUT2D eigenvalue weighted by Gasteiger charge is 2.23. The molecule has 25 heavy (non-hydrogen) atoms. The Morgan fingerprint density at radius 2 is 1.92 bits per heavy atom. The lowest BCUT2D eigenvalue weighted by Gasteiger charge is -2.11. The first-order valence-corrected chi connectivity index (χ1v) is 7.68. The van der Waals surface area contributed by atoms with Gasteiger partial charge in [-0.1, -0.05) is 12.1 Å². The summed E-state index contributed by atoms with van der Waals surface area (Å²) in [5.41, 5.74) is 2.15. The largest absolute Gasteiger partial charge is 0.352 e. The Morgan fingerprint density at radius 3 is 2.68 bits per heavy atom. The third-order valence-corrected chi connectivity index (χ3v) is 4.20. The zero-order chi connectivity index (χ0) is 18.1. The third-order valence-electron chi connectivity index (χ3n) is 4.20. The van der Waals surface area contributed by atoms with Gasteiger partial charge in [-0.2, -0.15) is 0 Å². The molecule has 1 heterocycles. The van der Waals surface area contributed by atoms with Gasteiger partial charge in [-0.15, -0.1) is 0 Å². The first-order valence-electron chi connectivity index (χ1n) is 7.68. The SMILES string of the molecule is CN1C(=O)Cc2cc(CCNC(=O)c3ccc(F)c(F)c3F)ccc21. The van der Waals surface area contributed by atoms with E-state index < -0.39 is 28.9 Å². The minimum atomic E-state index is -1.67. The van der Waals surface area contributed by atoms with E-state index in [0.29, 0.717) is 18.9 Å². The van der Waals surface area contributed by atoms with Crippen molar-refractivity contribution in [3.8, 4) is 0 Å². The Labute approximate surface area is 142 Å². The molecule has 4 nitrogen and oxygen atoms in total. The van der Waals surface area contributed by atoms with E-state index in [-0.39, 0.29) is 12.5 Å². The van der Waals surface area contributed by atoms with Crippen LogP contribution in [0.3, 0.4) is 0 Å². The first kappa shape index (κ1) is 17.0. The molecule has 130 valence electrons. The number of amides is 2. The molecule has 0 aromatic heterocycles. The maximum atomic E-state index is 13.6. The van der Waals surface area contributed by atoms with Crippen LogP contribution in [0.25, 0.3) is 0 Å². The summed E-state index contributed by atoms with van der Waals surface area (Å²) in [7, 11) is 1.71. The molecular weight excluding hydrogens is 333 g/mol. The monoisotopic (exact) mass is 348 g/mol. The molecule has 0 spiro atoms. The number of fused-ring (bicyclic) bond motifs is 1. The minimum Gasteiger partial charge on any atom is -0.352 e. The van der Waals surface area contributed by atoms with E-state index >= 15 is 0 Å². The second-order valence-corrected chi connectivity index (χ2v) is 5.82. The highest BCUT2D eigenvalue weighted by atomic mass is 19.2. The number of nitrogens with zero attached hydrogens (tertiary/aromatic N) is 1. The zero-order valence-corrected chi connectivity index (χ0v) is 13.4. The molecule has 1 aliphatic rings. The van der Waals surface area contributed by atoms with Crippen molar-refractivity contribution < 1.29 is 22.8 Å². The number of likely N-dealkylation sites (N-methyl/N-ethyl adjacent to an activating group) is 1. The van der Waals surface area contributed by atoms with Crippen LogP contribution in [0.5, 0.6) is 0 Å². The molecule has 2 aromatic carbocycles. The molecule has 7 heteroatoms. The average molecular weight is 348 g/mol. The standard InChI is InChI=1S/C18H15F3N2O2/c1-23-14-5-2-10(8-11(14)9-15(23)24)6-7-22-18(25)12-3-4-13(19)17(21)16(12)20/h2-5,8H,6-7,9H2,1H3,(H,22,25). The molecule has 0 bridgehead atoms. The van der Waals surface area contributed by atoms with Crippen LogP contribution in [0, 0.1) is 17.5 Å². The highest BCUT2D eigenvalue weighted by molar-refractivity contribution is 6.01. The number of hydrogen-bond donors (Lipinski definition) is 1. The maximum absolute atomic E-state index is 13.6. The van der Waals surface area contributed by atoms with Crippen molar-refractivity contribution >= 4 is 17.5 Å². The maximum Gasteiger partial charge on any atom is 0.254 e. The van der Waals surface area contributed by atoms with E-state index in [9.17, 15) is 22.8 Å². The summed E-state index contributed by atoms with van der Waals surface area (Å²) in [5, 5.41) is 2.47. The van der Waals surface area contributed by atoms with E-state index in [2.05, 4.69) is 5.32 Å². The molecule has 1 aliphatic heterocycles. The van der Waals surface area contributed by atoms with E-state index in [4.69, 9.17) is 0 Å². The third kappa shape index (κ3) is 3.22. The van der Waals surface area contributed by atoms with E-state index in [0.717, 1.165) is 22.9 Å². The summed E-state index contributed by atoms with van der Waals surface area (Å²) in [5.74, 6) is -5.30. The van der Waals surface area contributed by atoms with Gasteiger partial charge in [0.05, 0.1) is 12.0 Å². The lowest BCUT2D eigenvalue weighted by molar-refractivity contribution is -0.117. The number of halogens is 3. The molecule has 0 saturated heterocycles. The topological polar surface area (TPSA) is 49.4 Å². The number of anilines is 1. The second-order valence-electron chi connectivity index (χ2n) is 5.82. The molecular formula is C18H15F3N2O2. The fraction of sp³-hybridized carbons (Fsp3) is 0.222. The Bertz CT molecular complexity index is 868.